The molecule has 2 aromatic rings. The maximum absolute atomic E-state index is 13.7. The number of carbonyl (C=O) groups is 2. The molecule has 2 aliphatic heterocycles. The zero-order valence-corrected chi connectivity index (χ0v) is 20.0. The molecular formula is C26H23F3N6O2. The first-order valence-electron chi connectivity index (χ1n) is 11.3. The highest BCUT2D eigenvalue weighted by molar-refractivity contribution is 6.11. The molecule has 4 rings (SSSR count). The number of hydrogen-bond acceptors (Lipinski definition) is 5. The third-order valence-electron chi connectivity index (χ3n) is 6.29. The van der Waals surface area contributed by atoms with E-state index in [2.05, 4.69) is 16.4 Å². The molecule has 2 heterocycles. The lowest BCUT2D eigenvalue weighted by Gasteiger charge is -2.44. The second-order valence-electron chi connectivity index (χ2n) is 8.47. The molecule has 8 nitrogen and oxygen atoms in total. The first-order valence-corrected chi connectivity index (χ1v) is 11.3. The number of nitrogens with one attached hydrogen (secondary N) is 1. The van der Waals surface area contributed by atoms with E-state index in [9.17, 15) is 28.0 Å². The summed E-state index contributed by atoms with van der Waals surface area (Å²) in [6.45, 7) is 0.216. The van der Waals surface area contributed by atoms with Crippen molar-refractivity contribution in [3.63, 3.8) is 0 Å². The summed E-state index contributed by atoms with van der Waals surface area (Å²) in [7, 11) is 3.02. The molecule has 0 fully saturated rings. The molecule has 0 saturated heterocycles. The van der Waals surface area contributed by atoms with Crippen LogP contribution in [0, 0.1) is 11.3 Å². The number of rotatable bonds is 4. The Morgan fingerprint density at radius 2 is 2.00 bits per heavy atom. The van der Waals surface area contributed by atoms with Crippen molar-refractivity contribution in [1.29, 1.82) is 5.26 Å². The highest BCUT2D eigenvalue weighted by Crippen LogP contribution is 2.43. The van der Waals surface area contributed by atoms with Gasteiger partial charge in [-0.3, -0.25) is 14.7 Å². The predicted molar refractivity (Wildman–Crippen MR) is 132 cm³/mol. The van der Waals surface area contributed by atoms with Crippen molar-refractivity contribution in [3.8, 4) is 6.07 Å². The Hall–Kier alpha value is -4.59. The average molecular weight is 509 g/mol. The highest BCUT2D eigenvalue weighted by Gasteiger charge is 2.44. The maximum atomic E-state index is 13.7. The van der Waals surface area contributed by atoms with Gasteiger partial charge in [0.1, 0.15) is 0 Å². The van der Waals surface area contributed by atoms with E-state index in [4.69, 9.17) is 5.73 Å². The molecule has 190 valence electrons. The summed E-state index contributed by atoms with van der Waals surface area (Å²) in [6.07, 6.45) is -1.57. The van der Waals surface area contributed by atoms with Crippen LogP contribution in [0.15, 0.2) is 64.9 Å². The van der Waals surface area contributed by atoms with Crippen LogP contribution >= 0.6 is 0 Å². The Bertz CT molecular complexity index is 1400. The largest absolute Gasteiger partial charge is 0.416 e. The highest BCUT2D eigenvalue weighted by atomic mass is 19.4. The van der Waals surface area contributed by atoms with E-state index < -0.39 is 29.7 Å². The normalized spacial score (nSPS) is 18.7. The summed E-state index contributed by atoms with van der Waals surface area (Å²) in [4.78, 5) is 33.4. The van der Waals surface area contributed by atoms with Crippen LogP contribution in [0.5, 0.6) is 0 Å². The third kappa shape index (κ3) is 4.53. The second kappa shape index (κ2) is 9.81. The van der Waals surface area contributed by atoms with Gasteiger partial charge in [0, 0.05) is 50.7 Å². The molecule has 0 radical (unpaired) electrons. The summed E-state index contributed by atoms with van der Waals surface area (Å²) in [5.74, 6) is -0.444. The quantitative estimate of drug-likeness (QED) is 0.609. The van der Waals surface area contributed by atoms with Gasteiger partial charge < -0.3 is 16.0 Å². The zero-order chi connectivity index (χ0) is 26.9. The van der Waals surface area contributed by atoms with Crippen molar-refractivity contribution in [2.75, 3.05) is 25.5 Å². The zero-order valence-electron chi connectivity index (χ0n) is 20.0. The summed E-state index contributed by atoms with van der Waals surface area (Å²) < 4.78 is 40.3. The Morgan fingerprint density at radius 3 is 2.65 bits per heavy atom. The van der Waals surface area contributed by atoms with E-state index in [0.29, 0.717) is 28.0 Å². The van der Waals surface area contributed by atoms with Crippen molar-refractivity contribution in [2.24, 2.45) is 10.7 Å². The first kappa shape index (κ1) is 25.5. The molecule has 2 aromatic carbocycles. The van der Waals surface area contributed by atoms with Crippen LogP contribution in [-0.2, 0) is 11.0 Å². The molecule has 1 atom stereocenters. The van der Waals surface area contributed by atoms with Gasteiger partial charge in [-0.1, -0.05) is 12.1 Å². The van der Waals surface area contributed by atoms with Gasteiger partial charge >= 0.3 is 12.2 Å². The predicted octanol–water partition coefficient (Wildman–Crippen LogP) is 3.96. The molecule has 0 aliphatic carbocycles. The number of nitriles is 1. The number of amides is 3. The van der Waals surface area contributed by atoms with Crippen molar-refractivity contribution >= 4 is 29.4 Å². The Morgan fingerprint density at radius 1 is 1.24 bits per heavy atom. The van der Waals surface area contributed by atoms with E-state index in [0.717, 1.165) is 17.0 Å². The van der Waals surface area contributed by atoms with E-state index in [1.54, 1.807) is 25.2 Å². The molecular weight excluding hydrogens is 485 g/mol. The number of alkyl halides is 3. The van der Waals surface area contributed by atoms with Gasteiger partial charge in [0.25, 0.3) is 5.91 Å². The fraction of sp³-hybridized carbons (Fsp3) is 0.231. The van der Waals surface area contributed by atoms with Crippen molar-refractivity contribution in [2.45, 2.75) is 18.6 Å². The van der Waals surface area contributed by atoms with Gasteiger partial charge in [-0.05, 0) is 41.5 Å². The van der Waals surface area contributed by atoms with Crippen molar-refractivity contribution in [3.05, 3.63) is 82.2 Å². The number of halogens is 3. The molecule has 3 amide bonds. The molecule has 0 bridgehead atoms. The monoisotopic (exact) mass is 508 g/mol. The van der Waals surface area contributed by atoms with Gasteiger partial charge in [0.2, 0.25) is 0 Å². The minimum Gasteiger partial charge on any atom is -0.404 e. The number of nitrogens with two attached hydrogens (primary N) is 1. The maximum Gasteiger partial charge on any atom is 0.416 e. The number of nitrogens with zero attached hydrogens (tertiary/aromatic N) is 4. The number of hydrogen-bond donors (Lipinski definition) is 2. The summed E-state index contributed by atoms with van der Waals surface area (Å²) >= 11 is 0. The van der Waals surface area contributed by atoms with Crippen LogP contribution in [0.3, 0.4) is 0 Å². The molecule has 0 aromatic heterocycles. The Labute approximate surface area is 211 Å². The summed E-state index contributed by atoms with van der Waals surface area (Å²) in [5.41, 5.74) is 7.29. The molecule has 0 spiro atoms. The lowest BCUT2D eigenvalue weighted by atomic mass is 9.85. The number of carbonyl (C=O) groups excluding carboxylic acids is 2. The van der Waals surface area contributed by atoms with Crippen molar-refractivity contribution in [1.82, 2.24) is 10.2 Å². The number of benzene rings is 2. The summed E-state index contributed by atoms with van der Waals surface area (Å²) in [5, 5.41) is 12.2. The molecule has 3 N–H and O–H groups in total. The number of urea groups is 1. The number of anilines is 1. The van der Waals surface area contributed by atoms with Crippen LogP contribution in [-0.4, -0.2) is 43.7 Å². The van der Waals surface area contributed by atoms with Gasteiger partial charge in [-0.2, -0.15) is 18.4 Å². The van der Waals surface area contributed by atoms with E-state index >= 15 is 0 Å². The molecule has 11 heteroatoms. The van der Waals surface area contributed by atoms with E-state index in [-0.39, 0.29) is 24.2 Å². The fourth-order valence-corrected chi connectivity index (χ4v) is 4.65. The van der Waals surface area contributed by atoms with Gasteiger partial charge in [-0.15, -0.1) is 0 Å². The Kier molecular flexibility index (Phi) is 6.76. The minimum absolute atomic E-state index is 0.00744. The van der Waals surface area contributed by atoms with Crippen LogP contribution in [0.1, 0.15) is 34.7 Å². The molecule has 0 saturated carbocycles. The first-order chi connectivity index (χ1) is 17.6. The standard InChI is InChI=1S/C26H23F3N6O2/c1-32-14-16(13-31)20-10-15(12-30)6-7-19(20)23-22-21(8-9-33-24(22)36)35(25(37)34(23)2)18-5-3-4-17(11-18)26(27,28)29/h3-7,10-11,13-14,23H,8-9,31H2,1-2H3,(H,33,36)/t23-/m1/s1. The molecule has 2 aliphatic rings. The van der Waals surface area contributed by atoms with Crippen LogP contribution < -0.4 is 16.0 Å². The smallest absolute Gasteiger partial charge is 0.404 e. The van der Waals surface area contributed by atoms with Crippen LogP contribution in [0.4, 0.5) is 23.7 Å². The van der Waals surface area contributed by atoms with Gasteiger partial charge in [0.15, 0.2) is 0 Å². The SMILES string of the molecule is CN=CC(=CN)c1cc(C#N)ccc1[C@@H]1C2=C(CCNC2=O)N(c2cccc(C(F)(F)F)c2)C(=O)N1C. The lowest BCUT2D eigenvalue weighted by molar-refractivity contribution is -0.137. The van der Waals surface area contributed by atoms with Gasteiger partial charge in [0.05, 0.1) is 34.5 Å². The van der Waals surface area contributed by atoms with Crippen LogP contribution in [0.2, 0.25) is 0 Å². The summed E-state index contributed by atoms with van der Waals surface area (Å²) in [6, 6.07) is 9.80. The van der Waals surface area contributed by atoms with Crippen molar-refractivity contribution < 1.29 is 22.8 Å². The minimum atomic E-state index is -4.60. The Balaban J connectivity index is 1.97. The molecule has 0 unspecified atom stereocenters. The van der Waals surface area contributed by atoms with Crippen LogP contribution in [0.25, 0.3) is 5.57 Å². The second-order valence-corrected chi connectivity index (χ2v) is 8.47. The van der Waals surface area contributed by atoms with E-state index in [1.807, 2.05) is 0 Å². The fourth-order valence-electron chi connectivity index (χ4n) is 4.65. The topological polar surface area (TPSA) is 115 Å². The lowest BCUT2D eigenvalue weighted by Crippen LogP contribution is -2.53. The molecule has 37 heavy (non-hydrogen) atoms. The van der Waals surface area contributed by atoms with Gasteiger partial charge in [-0.25, -0.2) is 4.79 Å². The number of aliphatic imine (C=N–C) groups is 1. The number of likely N-dealkylation sites (N-methyl/N-ethyl adjacent to an activating group) is 1. The number of allylic oxidation sites excluding steroid dienone is 1. The average Bonchev–Trinajstić information content (AvgIpc) is 2.88. The van der Waals surface area contributed by atoms with E-state index in [1.165, 1.54) is 36.5 Å². The third-order valence-corrected chi connectivity index (χ3v) is 6.29.